The maximum absolute atomic E-state index is 13.0. The largest absolute Gasteiger partial charge is 0.507 e. The molecule has 0 aromatic heterocycles. The normalized spacial score (nSPS) is 17.9. The fourth-order valence-corrected chi connectivity index (χ4v) is 3.78. The highest BCUT2D eigenvalue weighted by atomic mass is 16.6. The molecule has 2 aromatic rings. The van der Waals surface area contributed by atoms with Crippen LogP contribution in [-0.4, -0.2) is 46.9 Å². The van der Waals surface area contributed by atoms with E-state index in [0.29, 0.717) is 24.2 Å². The Morgan fingerprint density at radius 2 is 1.94 bits per heavy atom. The van der Waals surface area contributed by atoms with E-state index in [0.717, 1.165) is 11.1 Å². The number of likely N-dealkylation sites (tertiary alicyclic amines) is 1. The Morgan fingerprint density at radius 3 is 2.61 bits per heavy atom. The second kappa shape index (κ2) is 9.09. The molecule has 1 aliphatic rings. The molecule has 1 fully saturated rings. The number of aryl methyl sites for hydroxylation is 2. The van der Waals surface area contributed by atoms with Crippen LogP contribution in [0.15, 0.2) is 48.0 Å². The van der Waals surface area contributed by atoms with Gasteiger partial charge < -0.3 is 14.7 Å². The number of aliphatic hydroxyl groups excluding tert-OH is 1. The Hall–Kier alpha value is -3.52. The van der Waals surface area contributed by atoms with E-state index in [1.165, 1.54) is 30.2 Å². The number of nitro benzene ring substituents is 1. The minimum atomic E-state index is -0.934. The second-order valence-electron chi connectivity index (χ2n) is 7.51. The zero-order valence-corrected chi connectivity index (χ0v) is 17.6. The first-order chi connectivity index (χ1) is 14.8. The number of methoxy groups -OCH3 is 1. The van der Waals surface area contributed by atoms with Gasteiger partial charge in [-0.1, -0.05) is 29.8 Å². The molecule has 3 rings (SSSR count). The molecule has 1 N–H and O–H groups in total. The Balaban J connectivity index is 2.20. The standard InChI is InChI=1S/C23H24N2O6/c1-14-8-9-15(2)18(12-14)21(26)19-20(16-6-4-7-17(13-16)25(29)30)24(10-5-11-31-3)23(28)22(19)27/h4,6-9,12-13,20,26H,5,10-11H2,1-3H3. The minimum absolute atomic E-state index is 0.0726. The molecule has 1 heterocycles. The van der Waals surface area contributed by atoms with Crippen molar-refractivity contribution in [1.29, 1.82) is 0 Å². The molecule has 1 saturated heterocycles. The second-order valence-corrected chi connectivity index (χ2v) is 7.51. The van der Waals surface area contributed by atoms with Gasteiger partial charge in [0.2, 0.25) is 0 Å². The molecule has 0 saturated carbocycles. The third-order valence-corrected chi connectivity index (χ3v) is 5.33. The van der Waals surface area contributed by atoms with Crippen molar-refractivity contribution < 1.29 is 24.4 Å². The Kier molecular flexibility index (Phi) is 6.50. The first-order valence-corrected chi connectivity index (χ1v) is 9.85. The van der Waals surface area contributed by atoms with Crippen LogP contribution < -0.4 is 0 Å². The molecule has 8 nitrogen and oxygen atoms in total. The zero-order valence-electron chi connectivity index (χ0n) is 17.6. The molecular weight excluding hydrogens is 400 g/mol. The number of nitrogens with zero attached hydrogens (tertiary/aromatic N) is 2. The predicted octanol–water partition coefficient (Wildman–Crippen LogP) is 3.67. The van der Waals surface area contributed by atoms with Crippen molar-refractivity contribution in [3.8, 4) is 0 Å². The van der Waals surface area contributed by atoms with Crippen LogP contribution in [0.1, 0.15) is 34.7 Å². The van der Waals surface area contributed by atoms with Crippen LogP contribution in [0.25, 0.3) is 5.76 Å². The van der Waals surface area contributed by atoms with Crippen LogP contribution in [0, 0.1) is 24.0 Å². The van der Waals surface area contributed by atoms with Gasteiger partial charge in [-0.2, -0.15) is 0 Å². The molecule has 8 heteroatoms. The quantitative estimate of drug-likeness (QED) is 0.181. The summed E-state index contributed by atoms with van der Waals surface area (Å²) in [5, 5.41) is 22.4. The summed E-state index contributed by atoms with van der Waals surface area (Å²) in [6.07, 6.45) is 0.471. The van der Waals surface area contributed by atoms with E-state index in [-0.39, 0.29) is 23.6 Å². The number of benzene rings is 2. The summed E-state index contributed by atoms with van der Waals surface area (Å²) in [7, 11) is 1.53. The first kappa shape index (κ1) is 22.2. The molecule has 1 aliphatic heterocycles. The number of Topliss-reactive ketones (excluding diaryl/α,β-unsaturated/α-hetero) is 1. The van der Waals surface area contributed by atoms with Crippen molar-refractivity contribution in [1.82, 2.24) is 4.90 Å². The molecule has 0 aliphatic carbocycles. The van der Waals surface area contributed by atoms with E-state index in [2.05, 4.69) is 0 Å². The lowest BCUT2D eigenvalue weighted by Crippen LogP contribution is -2.31. The van der Waals surface area contributed by atoms with Crippen molar-refractivity contribution >= 4 is 23.1 Å². The van der Waals surface area contributed by atoms with Crippen molar-refractivity contribution in [2.75, 3.05) is 20.3 Å². The number of ether oxygens (including phenoxy) is 1. The summed E-state index contributed by atoms with van der Waals surface area (Å²) < 4.78 is 5.05. The topological polar surface area (TPSA) is 110 Å². The molecule has 1 amide bonds. The summed E-state index contributed by atoms with van der Waals surface area (Å²) in [6, 6.07) is 10.3. The average Bonchev–Trinajstić information content (AvgIpc) is 3.00. The van der Waals surface area contributed by atoms with E-state index in [1.807, 2.05) is 19.1 Å². The Labute approximate surface area is 179 Å². The van der Waals surface area contributed by atoms with Crippen LogP contribution in [0.3, 0.4) is 0 Å². The lowest BCUT2D eigenvalue weighted by atomic mass is 9.93. The summed E-state index contributed by atoms with van der Waals surface area (Å²) in [5.74, 6) is -1.85. The lowest BCUT2D eigenvalue weighted by Gasteiger charge is -2.25. The van der Waals surface area contributed by atoms with Gasteiger partial charge in [-0.3, -0.25) is 19.7 Å². The van der Waals surface area contributed by atoms with Gasteiger partial charge in [0.15, 0.2) is 0 Å². The summed E-state index contributed by atoms with van der Waals surface area (Å²) in [4.78, 5) is 37.9. The predicted molar refractivity (Wildman–Crippen MR) is 115 cm³/mol. The molecule has 0 radical (unpaired) electrons. The van der Waals surface area contributed by atoms with E-state index >= 15 is 0 Å². The number of nitro groups is 1. The number of carbonyl (C=O) groups is 2. The number of aliphatic hydroxyl groups is 1. The first-order valence-electron chi connectivity index (χ1n) is 9.85. The highest BCUT2D eigenvalue weighted by Crippen LogP contribution is 2.40. The Morgan fingerprint density at radius 1 is 1.19 bits per heavy atom. The van der Waals surface area contributed by atoms with Crippen LogP contribution in [0.5, 0.6) is 0 Å². The van der Waals surface area contributed by atoms with Gasteiger partial charge in [0.05, 0.1) is 16.5 Å². The lowest BCUT2D eigenvalue weighted by molar-refractivity contribution is -0.384. The average molecular weight is 424 g/mol. The molecule has 31 heavy (non-hydrogen) atoms. The number of ketones is 1. The SMILES string of the molecule is COCCCN1C(=O)C(=O)C(=C(O)c2cc(C)ccc2C)C1c1cccc([N+](=O)[O-])c1. The summed E-state index contributed by atoms with van der Waals surface area (Å²) >= 11 is 0. The van der Waals surface area contributed by atoms with Crippen LogP contribution in [0.4, 0.5) is 5.69 Å². The fourth-order valence-electron chi connectivity index (χ4n) is 3.78. The van der Waals surface area contributed by atoms with Crippen LogP contribution in [0.2, 0.25) is 0 Å². The number of hydrogen-bond acceptors (Lipinski definition) is 6. The van der Waals surface area contributed by atoms with Crippen molar-refractivity contribution in [2.24, 2.45) is 0 Å². The van der Waals surface area contributed by atoms with Gasteiger partial charge in [0.25, 0.3) is 17.4 Å². The van der Waals surface area contributed by atoms with Crippen LogP contribution >= 0.6 is 0 Å². The monoisotopic (exact) mass is 424 g/mol. The van der Waals surface area contributed by atoms with Gasteiger partial charge in [-0.25, -0.2) is 0 Å². The molecular formula is C23H24N2O6. The third-order valence-electron chi connectivity index (χ3n) is 5.33. The maximum atomic E-state index is 13.0. The van der Waals surface area contributed by atoms with Crippen molar-refractivity contribution in [3.63, 3.8) is 0 Å². The van der Waals surface area contributed by atoms with Gasteiger partial charge in [0, 0.05) is 38.0 Å². The smallest absolute Gasteiger partial charge is 0.295 e. The number of hydrogen-bond donors (Lipinski definition) is 1. The van der Waals surface area contributed by atoms with E-state index in [9.17, 15) is 24.8 Å². The molecule has 1 unspecified atom stereocenters. The number of non-ortho nitro benzene ring substituents is 1. The number of rotatable bonds is 7. The summed E-state index contributed by atoms with van der Waals surface area (Å²) in [6.45, 7) is 4.24. The highest BCUT2D eigenvalue weighted by Gasteiger charge is 2.46. The van der Waals surface area contributed by atoms with Crippen molar-refractivity contribution in [3.05, 3.63) is 80.4 Å². The highest BCUT2D eigenvalue weighted by molar-refractivity contribution is 6.46. The molecule has 162 valence electrons. The number of amides is 1. The maximum Gasteiger partial charge on any atom is 0.295 e. The van der Waals surface area contributed by atoms with Gasteiger partial charge in [-0.15, -0.1) is 0 Å². The van der Waals surface area contributed by atoms with E-state index < -0.39 is 22.7 Å². The summed E-state index contributed by atoms with van der Waals surface area (Å²) in [5.41, 5.74) is 2.23. The molecule has 0 bridgehead atoms. The fraction of sp³-hybridized carbons (Fsp3) is 0.304. The molecule has 2 aromatic carbocycles. The third kappa shape index (κ3) is 4.34. The van der Waals surface area contributed by atoms with E-state index in [4.69, 9.17) is 4.74 Å². The molecule has 0 spiro atoms. The van der Waals surface area contributed by atoms with Crippen LogP contribution in [-0.2, 0) is 14.3 Å². The Bertz CT molecular complexity index is 1080. The van der Waals surface area contributed by atoms with E-state index in [1.54, 1.807) is 19.1 Å². The van der Waals surface area contributed by atoms with Crippen molar-refractivity contribution in [2.45, 2.75) is 26.3 Å². The van der Waals surface area contributed by atoms with Gasteiger partial charge in [0.1, 0.15) is 5.76 Å². The molecule has 1 atom stereocenters. The minimum Gasteiger partial charge on any atom is -0.507 e. The zero-order chi connectivity index (χ0) is 22.7. The van der Waals surface area contributed by atoms with Gasteiger partial charge in [-0.05, 0) is 37.5 Å². The number of carbonyl (C=O) groups excluding carboxylic acids is 2. The van der Waals surface area contributed by atoms with Gasteiger partial charge >= 0.3 is 0 Å².